The Bertz CT molecular complexity index is 539. The van der Waals surface area contributed by atoms with Crippen LogP contribution in [0.1, 0.15) is 126 Å². The molecule has 0 aliphatic rings. The molecule has 3 atom stereocenters. The molecule has 194 valence electrons. The molecule has 0 bridgehead atoms. The van der Waals surface area contributed by atoms with Gasteiger partial charge in [0.05, 0.1) is 0 Å². The molecule has 0 spiro atoms. The highest BCUT2D eigenvalue weighted by Crippen LogP contribution is 2.22. The second-order valence-corrected chi connectivity index (χ2v) is 12.1. The summed E-state index contributed by atoms with van der Waals surface area (Å²) >= 11 is 1.97. The van der Waals surface area contributed by atoms with Crippen LogP contribution in [-0.4, -0.2) is 23.3 Å². The summed E-state index contributed by atoms with van der Waals surface area (Å²) in [7, 11) is 0. The summed E-state index contributed by atoms with van der Waals surface area (Å²) in [4.78, 5) is 11.4. The highest BCUT2D eigenvalue weighted by Gasteiger charge is 2.07. The summed E-state index contributed by atoms with van der Waals surface area (Å²) in [6, 6.07) is 0.395. The molecule has 0 aromatic carbocycles. The van der Waals surface area contributed by atoms with Crippen LogP contribution >= 0.6 is 11.8 Å². The van der Waals surface area contributed by atoms with Crippen molar-refractivity contribution in [2.75, 3.05) is 11.5 Å². The number of carbonyl (C=O) groups excluding carboxylic acids is 1. The maximum Gasteiger partial charge on any atom is 0.133 e. The van der Waals surface area contributed by atoms with Gasteiger partial charge in [-0.2, -0.15) is 11.8 Å². The Hall–Kier alpha value is -0.700. The first-order chi connectivity index (χ1) is 15.6. The Balaban J connectivity index is 3.77. The second-order valence-electron chi connectivity index (χ2n) is 11.0. The minimum Gasteiger partial charge on any atom is -0.386 e. The van der Waals surface area contributed by atoms with Crippen molar-refractivity contribution in [1.29, 1.82) is 0 Å². The van der Waals surface area contributed by atoms with Crippen molar-refractivity contribution in [2.45, 2.75) is 132 Å². The standard InChI is InChI=1S/C30H57NOS/c1-9-30(32)20-19-28(7)31-29(8)23-33-22-21-27(6)18-12-17-26(5)16-11-15-25(4)14-10-13-24(2)3/h21,24-26,29,31H,7,9-20,22-23H2,1-6,8H3/b27-21+. The molecule has 0 aliphatic carbocycles. The lowest BCUT2D eigenvalue weighted by Crippen LogP contribution is -2.27. The Morgan fingerprint density at radius 2 is 1.45 bits per heavy atom. The molecule has 0 aromatic heterocycles. The largest absolute Gasteiger partial charge is 0.386 e. The second kappa shape index (κ2) is 20.7. The third-order valence-electron chi connectivity index (χ3n) is 6.61. The van der Waals surface area contributed by atoms with E-state index >= 15 is 0 Å². The van der Waals surface area contributed by atoms with Gasteiger partial charge in [0.15, 0.2) is 0 Å². The molecule has 0 saturated carbocycles. The predicted octanol–water partition coefficient (Wildman–Crippen LogP) is 9.36. The molecule has 0 rings (SSSR count). The zero-order chi connectivity index (χ0) is 25.1. The first-order valence-corrected chi connectivity index (χ1v) is 15.0. The van der Waals surface area contributed by atoms with E-state index < -0.39 is 0 Å². The maximum absolute atomic E-state index is 11.4. The highest BCUT2D eigenvalue weighted by molar-refractivity contribution is 7.99. The molecule has 33 heavy (non-hydrogen) atoms. The molecule has 0 heterocycles. The first kappa shape index (κ1) is 32.3. The third kappa shape index (κ3) is 21.6. The zero-order valence-electron chi connectivity index (χ0n) is 23.3. The van der Waals surface area contributed by atoms with Crippen LogP contribution in [0.15, 0.2) is 23.9 Å². The summed E-state index contributed by atoms with van der Waals surface area (Å²) in [5, 5.41) is 3.44. The number of hydrogen-bond donors (Lipinski definition) is 1. The van der Waals surface area contributed by atoms with Crippen LogP contribution in [0.4, 0.5) is 0 Å². The summed E-state index contributed by atoms with van der Waals surface area (Å²) < 4.78 is 0. The summed E-state index contributed by atoms with van der Waals surface area (Å²) in [5.74, 6) is 5.09. The quantitative estimate of drug-likeness (QED) is 0.124. The van der Waals surface area contributed by atoms with Gasteiger partial charge in [0, 0.05) is 36.1 Å². The Morgan fingerprint density at radius 1 is 0.879 bits per heavy atom. The van der Waals surface area contributed by atoms with Gasteiger partial charge >= 0.3 is 0 Å². The number of allylic oxidation sites excluding steroid dienone is 2. The predicted molar refractivity (Wildman–Crippen MR) is 152 cm³/mol. The van der Waals surface area contributed by atoms with Gasteiger partial charge in [-0.15, -0.1) is 0 Å². The molecule has 0 aromatic rings. The van der Waals surface area contributed by atoms with E-state index in [0.29, 0.717) is 24.7 Å². The van der Waals surface area contributed by atoms with E-state index in [2.05, 4.69) is 59.5 Å². The van der Waals surface area contributed by atoms with E-state index in [0.717, 1.165) is 41.4 Å². The molecule has 3 heteroatoms. The van der Waals surface area contributed by atoms with Crippen molar-refractivity contribution < 1.29 is 4.79 Å². The number of rotatable bonds is 22. The van der Waals surface area contributed by atoms with Crippen molar-refractivity contribution in [3.63, 3.8) is 0 Å². The molecule has 1 N–H and O–H groups in total. The highest BCUT2D eigenvalue weighted by atomic mass is 32.2. The molecule has 0 amide bonds. The lowest BCUT2D eigenvalue weighted by atomic mass is 9.91. The maximum atomic E-state index is 11.4. The summed E-state index contributed by atoms with van der Waals surface area (Å²) in [6.45, 7) is 20.0. The first-order valence-electron chi connectivity index (χ1n) is 13.8. The van der Waals surface area contributed by atoms with Gasteiger partial charge in [-0.25, -0.2) is 0 Å². The molecule has 0 aliphatic heterocycles. The van der Waals surface area contributed by atoms with Gasteiger partial charge in [0.1, 0.15) is 5.78 Å². The van der Waals surface area contributed by atoms with Gasteiger partial charge in [-0.3, -0.25) is 4.79 Å². The number of thioether (sulfide) groups is 1. The van der Waals surface area contributed by atoms with E-state index in [9.17, 15) is 4.79 Å². The number of carbonyl (C=O) groups is 1. The fraction of sp³-hybridized carbons (Fsp3) is 0.833. The van der Waals surface area contributed by atoms with Gasteiger partial charge in [-0.1, -0.05) is 97.8 Å². The fourth-order valence-corrected chi connectivity index (χ4v) is 5.16. The molecule has 0 radical (unpaired) electrons. The van der Waals surface area contributed by atoms with Gasteiger partial charge in [0.25, 0.3) is 0 Å². The van der Waals surface area contributed by atoms with Gasteiger partial charge in [0.2, 0.25) is 0 Å². The van der Waals surface area contributed by atoms with Crippen LogP contribution in [0, 0.1) is 17.8 Å². The normalized spacial score (nSPS) is 14.8. The minimum absolute atomic E-state index is 0.317. The van der Waals surface area contributed by atoms with E-state index in [4.69, 9.17) is 0 Å². The average Bonchev–Trinajstić information content (AvgIpc) is 2.74. The summed E-state index contributed by atoms with van der Waals surface area (Å²) in [6.07, 6.45) is 16.8. The number of ketones is 1. The van der Waals surface area contributed by atoms with Crippen LogP contribution in [0.25, 0.3) is 0 Å². The number of hydrogen-bond acceptors (Lipinski definition) is 3. The lowest BCUT2D eigenvalue weighted by molar-refractivity contribution is -0.118. The lowest BCUT2D eigenvalue weighted by Gasteiger charge is -2.16. The minimum atomic E-state index is 0.317. The number of nitrogens with one attached hydrogen (secondary N) is 1. The Kier molecular flexibility index (Phi) is 20.2. The van der Waals surface area contributed by atoms with E-state index in [-0.39, 0.29) is 0 Å². The average molecular weight is 480 g/mol. The molecule has 0 fully saturated rings. The molecule has 3 unspecified atom stereocenters. The van der Waals surface area contributed by atoms with Gasteiger partial charge < -0.3 is 5.32 Å². The Labute approximate surface area is 212 Å². The van der Waals surface area contributed by atoms with Crippen LogP contribution in [0.5, 0.6) is 0 Å². The van der Waals surface area contributed by atoms with Crippen molar-refractivity contribution in [3.8, 4) is 0 Å². The third-order valence-corrected chi connectivity index (χ3v) is 7.75. The van der Waals surface area contributed by atoms with E-state index in [1.807, 2.05) is 18.7 Å². The molecule has 0 saturated heterocycles. The Morgan fingerprint density at radius 3 is 2.03 bits per heavy atom. The smallest absolute Gasteiger partial charge is 0.133 e. The van der Waals surface area contributed by atoms with Crippen molar-refractivity contribution in [3.05, 3.63) is 23.9 Å². The van der Waals surface area contributed by atoms with Crippen LogP contribution < -0.4 is 5.32 Å². The van der Waals surface area contributed by atoms with Crippen molar-refractivity contribution >= 4 is 17.5 Å². The van der Waals surface area contributed by atoms with Gasteiger partial charge in [-0.05, 0) is 50.9 Å². The van der Waals surface area contributed by atoms with Crippen LogP contribution in [0.2, 0.25) is 0 Å². The topological polar surface area (TPSA) is 29.1 Å². The van der Waals surface area contributed by atoms with Crippen molar-refractivity contribution in [2.24, 2.45) is 17.8 Å². The van der Waals surface area contributed by atoms with E-state index in [1.165, 1.54) is 63.4 Å². The SMILES string of the molecule is C=C(CCC(=O)CC)NC(C)CSC/C=C(\C)CCCC(C)CCCC(C)CCCC(C)C. The summed E-state index contributed by atoms with van der Waals surface area (Å²) in [5.41, 5.74) is 2.53. The molecule has 2 nitrogen and oxygen atoms in total. The molecular weight excluding hydrogens is 422 g/mol. The van der Waals surface area contributed by atoms with E-state index in [1.54, 1.807) is 0 Å². The number of Topliss-reactive ketones (excluding diaryl/α,β-unsaturated/α-hetero) is 1. The van der Waals surface area contributed by atoms with Crippen LogP contribution in [0.3, 0.4) is 0 Å². The monoisotopic (exact) mass is 479 g/mol. The zero-order valence-corrected chi connectivity index (χ0v) is 24.1. The molecular formula is C30H57NOS. The van der Waals surface area contributed by atoms with Crippen molar-refractivity contribution in [1.82, 2.24) is 5.32 Å². The fourth-order valence-electron chi connectivity index (χ4n) is 4.18. The van der Waals surface area contributed by atoms with Crippen LogP contribution in [-0.2, 0) is 4.79 Å².